The standard InChI is InChI=1S/C27H46O3/c1-17(16-28)6-5-7-18(2)25-24(30)15-23-21-9-8-19-14-20(29)10-12-26(19,3)22(21)11-13-27(23,25)4/h8,17-18,20-25,28-30H,5-7,9-16H2,1-4H3/t17-,18-,20?,21-,22+,23+,24?,25+,26+,27+/m1/s1. The lowest BCUT2D eigenvalue weighted by atomic mass is 9.47. The number of fused-ring (bicyclic) bond motifs is 5. The Morgan fingerprint density at radius 2 is 1.83 bits per heavy atom. The van der Waals surface area contributed by atoms with Gasteiger partial charge in [0.25, 0.3) is 0 Å². The van der Waals surface area contributed by atoms with Crippen LogP contribution < -0.4 is 0 Å². The van der Waals surface area contributed by atoms with Gasteiger partial charge in [0.2, 0.25) is 0 Å². The monoisotopic (exact) mass is 418 g/mol. The largest absolute Gasteiger partial charge is 0.396 e. The highest BCUT2D eigenvalue weighted by Crippen LogP contribution is 2.67. The minimum absolute atomic E-state index is 0.137. The van der Waals surface area contributed by atoms with Gasteiger partial charge in [-0.05, 0) is 97.7 Å². The summed E-state index contributed by atoms with van der Waals surface area (Å²) < 4.78 is 0. The van der Waals surface area contributed by atoms with Gasteiger partial charge in [0.15, 0.2) is 0 Å². The molecule has 3 fully saturated rings. The van der Waals surface area contributed by atoms with Gasteiger partial charge in [-0.25, -0.2) is 0 Å². The van der Waals surface area contributed by atoms with Crippen LogP contribution in [-0.4, -0.2) is 34.1 Å². The van der Waals surface area contributed by atoms with Gasteiger partial charge in [0.1, 0.15) is 0 Å². The summed E-state index contributed by atoms with van der Waals surface area (Å²) in [4.78, 5) is 0. The molecule has 2 unspecified atom stereocenters. The van der Waals surface area contributed by atoms with Crippen molar-refractivity contribution in [1.82, 2.24) is 0 Å². The fourth-order valence-electron chi connectivity index (χ4n) is 8.78. The van der Waals surface area contributed by atoms with Gasteiger partial charge in [-0.3, -0.25) is 0 Å². The van der Waals surface area contributed by atoms with Crippen LogP contribution in [0.1, 0.15) is 91.9 Å². The second kappa shape index (κ2) is 8.52. The average molecular weight is 419 g/mol. The first kappa shape index (κ1) is 22.8. The Labute approximate surface area is 184 Å². The number of rotatable bonds is 6. The molecule has 3 heteroatoms. The number of allylic oxidation sites excluding steroid dienone is 1. The second-order valence-corrected chi connectivity index (χ2v) is 12.2. The van der Waals surface area contributed by atoms with E-state index < -0.39 is 0 Å². The van der Waals surface area contributed by atoms with Gasteiger partial charge in [-0.2, -0.15) is 0 Å². The summed E-state index contributed by atoms with van der Waals surface area (Å²) in [6.07, 6.45) is 13.3. The Hall–Kier alpha value is -0.380. The highest BCUT2D eigenvalue weighted by atomic mass is 16.3. The lowest BCUT2D eigenvalue weighted by Crippen LogP contribution is -2.51. The van der Waals surface area contributed by atoms with Crippen molar-refractivity contribution in [2.45, 2.75) is 104 Å². The topological polar surface area (TPSA) is 60.7 Å². The van der Waals surface area contributed by atoms with Crippen molar-refractivity contribution in [1.29, 1.82) is 0 Å². The maximum atomic E-state index is 11.2. The van der Waals surface area contributed by atoms with Crippen LogP contribution in [0.3, 0.4) is 0 Å². The van der Waals surface area contributed by atoms with Crippen molar-refractivity contribution in [3.05, 3.63) is 11.6 Å². The molecule has 4 aliphatic rings. The minimum Gasteiger partial charge on any atom is -0.396 e. The van der Waals surface area contributed by atoms with E-state index in [4.69, 9.17) is 0 Å². The highest BCUT2D eigenvalue weighted by molar-refractivity contribution is 5.25. The van der Waals surface area contributed by atoms with Crippen LogP contribution in [0, 0.1) is 46.3 Å². The molecule has 0 aromatic carbocycles. The summed E-state index contributed by atoms with van der Waals surface area (Å²) in [5.41, 5.74) is 2.07. The third-order valence-electron chi connectivity index (χ3n) is 10.5. The maximum absolute atomic E-state index is 11.2. The van der Waals surface area contributed by atoms with Crippen LogP contribution in [0.2, 0.25) is 0 Å². The molecule has 4 rings (SSSR count). The fraction of sp³-hybridized carbons (Fsp3) is 0.926. The van der Waals surface area contributed by atoms with Crippen LogP contribution in [-0.2, 0) is 0 Å². The van der Waals surface area contributed by atoms with E-state index in [9.17, 15) is 15.3 Å². The van der Waals surface area contributed by atoms with Crippen LogP contribution in [0.25, 0.3) is 0 Å². The van der Waals surface area contributed by atoms with E-state index in [1.807, 2.05) is 0 Å². The zero-order chi connectivity index (χ0) is 21.7. The van der Waals surface area contributed by atoms with E-state index >= 15 is 0 Å². The molecule has 3 saturated carbocycles. The predicted molar refractivity (Wildman–Crippen MR) is 122 cm³/mol. The molecule has 0 spiro atoms. The lowest BCUT2D eigenvalue weighted by molar-refractivity contribution is -0.0620. The Kier molecular flexibility index (Phi) is 6.48. The molecule has 172 valence electrons. The SMILES string of the molecule is C[C@@H](CO)CCC[C@@H](C)[C@H]1C(O)C[C@H]2[C@@H]3CC=C4CC(O)CC[C@]4(C)[C@H]3CC[C@]12C. The molecule has 0 aromatic heterocycles. The Balaban J connectivity index is 1.50. The molecule has 0 aliphatic heterocycles. The summed E-state index contributed by atoms with van der Waals surface area (Å²) in [5, 5.41) is 30.8. The fourth-order valence-corrected chi connectivity index (χ4v) is 8.78. The van der Waals surface area contributed by atoms with E-state index in [1.165, 1.54) is 24.8 Å². The Morgan fingerprint density at radius 1 is 1.07 bits per heavy atom. The molecule has 3 N–H and O–H groups in total. The molecule has 0 saturated heterocycles. The lowest BCUT2D eigenvalue weighted by Gasteiger charge is -2.58. The van der Waals surface area contributed by atoms with Crippen molar-refractivity contribution in [3.63, 3.8) is 0 Å². The van der Waals surface area contributed by atoms with Crippen molar-refractivity contribution in [2.75, 3.05) is 6.61 Å². The molecule has 0 amide bonds. The molecule has 30 heavy (non-hydrogen) atoms. The quantitative estimate of drug-likeness (QED) is 0.511. The molecular formula is C27H46O3. The molecular weight excluding hydrogens is 372 g/mol. The van der Waals surface area contributed by atoms with Crippen LogP contribution in [0.15, 0.2) is 11.6 Å². The maximum Gasteiger partial charge on any atom is 0.0579 e. The normalized spacial score (nSPS) is 47.6. The van der Waals surface area contributed by atoms with Crippen molar-refractivity contribution in [2.24, 2.45) is 46.3 Å². The summed E-state index contributed by atoms with van der Waals surface area (Å²) in [6, 6.07) is 0. The molecule has 4 aliphatic carbocycles. The first-order valence-electron chi connectivity index (χ1n) is 12.9. The van der Waals surface area contributed by atoms with E-state index in [0.717, 1.165) is 50.9 Å². The summed E-state index contributed by atoms with van der Waals surface area (Å²) in [5.74, 6) is 3.43. The van der Waals surface area contributed by atoms with Crippen molar-refractivity contribution >= 4 is 0 Å². The third kappa shape index (κ3) is 3.71. The van der Waals surface area contributed by atoms with Crippen LogP contribution >= 0.6 is 0 Å². The van der Waals surface area contributed by atoms with Crippen LogP contribution in [0.4, 0.5) is 0 Å². The predicted octanol–water partition coefficient (Wildman–Crippen LogP) is 5.33. The van der Waals surface area contributed by atoms with Gasteiger partial charge >= 0.3 is 0 Å². The van der Waals surface area contributed by atoms with Gasteiger partial charge in [0, 0.05) is 6.61 Å². The van der Waals surface area contributed by atoms with E-state index in [2.05, 4.69) is 33.8 Å². The molecule has 0 radical (unpaired) electrons. The summed E-state index contributed by atoms with van der Waals surface area (Å²) in [7, 11) is 0. The van der Waals surface area contributed by atoms with Crippen molar-refractivity contribution < 1.29 is 15.3 Å². The Bertz CT molecular complexity index is 644. The van der Waals surface area contributed by atoms with Gasteiger partial charge in [-0.1, -0.05) is 52.2 Å². The highest BCUT2D eigenvalue weighted by Gasteiger charge is 2.61. The number of aliphatic hydroxyl groups is 3. The van der Waals surface area contributed by atoms with E-state index in [-0.39, 0.29) is 29.6 Å². The number of aliphatic hydroxyl groups excluding tert-OH is 3. The smallest absolute Gasteiger partial charge is 0.0579 e. The zero-order valence-corrected chi connectivity index (χ0v) is 19.8. The minimum atomic E-state index is -0.157. The molecule has 0 aromatic rings. The van der Waals surface area contributed by atoms with Gasteiger partial charge in [-0.15, -0.1) is 0 Å². The van der Waals surface area contributed by atoms with Crippen LogP contribution in [0.5, 0.6) is 0 Å². The first-order valence-corrected chi connectivity index (χ1v) is 12.9. The number of hydrogen-bond donors (Lipinski definition) is 3. The Morgan fingerprint density at radius 3 is 2.57 bits per heavy atom. The molecule has 3 nitrogen and oxygen atoms in total. The zero-order valence-electron chi connectivity index (χ0n) is 19.8. The molecule has 0 heterocycles. The first-order chi connectivity index (χ1) is 14.2. The van der Waals surface area contributed by atoms with Crippen molar-refractivity contribution in [3.8, 4) is 0 Å². The molecule has 0 bridgehead atoms. The second-order valence-electron chi connectivity index (χ2n) is 12.2. The summed E-state index contributed by atoms with van der Waals surface area (Å²) >= 11 is 0. The molecule has 10 atom stereocenters. The summed E-state index contributed by atoms with van der Waals surface area (Å²) in [6.45, 7) is 9.78. The van der Waals surface area contributed by atoms with Gasteiger partial charge < -0.3 is 15.3 Å². The third-order valence-corrected chi connectivity index (χ3v) is 10.5. The number of hydrogen-bond acceptors (Lipinski definition) is 3. The average Bonchev–Trinajstić information content (AvgIpc) is 2.98. The van der Waals surface area contributed by atoms with E-state index in [1.54, 1.807) is 0 Å². The van der Waals surface area contributed by atoms with E-state index in [0.29, 0.717) is 29.6 Å². The van der Waals surface area contributed by atoms with Gasteiger partial charge in [0.05, 0.1) is 12.2 Å².